The van der Waals surface area contributed by atoms with Crippen molar-refractivity contribution >= 4 is 0 Å². The fourth-order valence-electron chi connectivity index (χ4n) is 3.34. The van der Waals surface area contributed by atoms with Crippen molar-refractivity contribution in [2.24, 2.45) is 5.92 Å². The third-order valence-corrected chi connectivity index (χ3v) is 5.12. The van der Waals surface area contributed by atoms with Gasteiger partial charge in [-0.15, -0.1) is 10.2 Å². The maximum atomic E-state index is 6.06. The standard InChI is InChI=1S/C19H21N3O3/c1-12-9-15(12)16-7-6-14(24-16)10-22(13-4-5-13)11-18-20-21-19(25-18)17-3-2-8-23-17/h2-3,6-8,12-13,15H,4-5,9-11H2,1H3/t12-,15+/m1/s1. The molecular weight excluding hydrogens is 318 g/mol. The average Bonchev–Trinajstić information content (AvgIpc) is 3.36. The van der Waals surface area contributed by atoms with Gasteiger partial charge >= 0.3 is 0 Å². The largest absolute Gasteiger partial charge is 0.464 e. The first-order chi connectivity index (χ1) is 12.3. The first kappa shape index (κ1) is 15.0. The van der Waals surface area contributed by atoms with E-state index in [2.05, 4.69) is 34.2 Å². The Morgan fingerprint density at radius 3 is 2.72 bits per heavy atom. The molecule has 0 saturated heterocycles. The van der Waals surface area contributed by atoms with Crippen molar-refractivity contribution in [2.45, 2.75) is 51.2 Å². The average molecular weight is 339 g/mol. The van der Waals surface area contributed by atoms with E-state index in [1.165, 1.54) is 19.3 Å². The number of nitrogens with zero attached hydrogens (tertiary/aromatic N) is 3. The van der Waals surface area contributed by atoms with Gasteiger partial charge in [0.15, 0.2) is 5.76 Å². The van der Waals surface area contributed by atoms with Crippen LogP contribution < -0.4 is 0 Å². The topological polar surface area (TPSA) is 68.4 Å². The van der Waals surface area contributed by atoms with Crippen LogP contribution in [-0.2, 0) is 13.1 Å². The van der Waals surface area contributed by atoms with Crippen LogP contribution in [0.2, 0.25) is 0 Å². The van der Waals surface area contributed by atoms with Crippen molar-refractivity contribution in [1.29, 1.82) is 0 Å². The monoisotopic (exact) mass is 339 g/mol. The number of hydrogen-bond acceptors (Lipinski definition) is 6. The quantitative estimate of drug-likeness (QED) is 0.642. The summed E-state index contributed by atoms with van der Waals surface area (Å²) in [6.07, 6.45) is 5.28. The van der Waals surface area contributed by atoms with E-state index in [1.807, 2.05) is 12.1 Å². The van der Waals surface area contributed by atoms with Gasteiger partial charge in [-0.1, -0.05) is 6.92 Å². The van der Waals surface area contributed by atoms with Crippen molar-refractivity contribution in [3.8, 4) is 11.7 Å². The minimum atomic E-state index is 0.429. The molecule has 2 atom stereocenters. The van der Waals surface area contributed by atoms with E-state index >= 15 is 0 Å². The van der Waals surface area contributed by atoms with Crippen LogP contribution in [0, 0.1) is 5.92 Å². The van der Waals surface area contributed by atoms with Crippen LogP contribution in [0.5, 0.6) is 0 Å². The summed E-state index contributed by atoms with van der Waals surface area (Å²) in [4.78, 5) is 2.36. The summed E-state index contributed by atoms with van der Waals surface area (Å²) in [7, 11) is 0. The molecule has 130 valence electrons. The summed E-state index contributed by atoms with van der Waals surface area (Å²) in [5.74, 6) is 5.18. The number of hydrogen-bond donors (Lipinski definition) is 0. The van der Waals surface area contributed by atoms with Crippen LogP contribution in [0.3, 0.4) is 0 Å². The Balaban J connectivity index is 1.28. The first-order valence-electron chi connectivity index (χ1n) is 8.95. The molecule has 2 aliphatic carbocycles. The number of furan rings is 2. The Bertz CT molecular complexity index is 847. The van der Waals surface area contributed by atoms with Crippen LogP contribution in [0.1, 0.15) is 49.5 Å². The van der Waals surface area contributed by atoms with Crippen LogP contribution in [0.25, 0.3) is 11.7 Å². The molecular formula is C19H21N3O3. The molecule has 0 N–H and O–H groups in total. The maximum Gasteiger partial charge on any atom is 0.283 e. The molecule has 3 heterocycles. The molecule has 2 saturated carbocycles. The van der Waals surface area contributed by atoms with Gasteiger partial charge in [-0.25, -0.2) is 0 Å². The Kier molecular flexibility index (Phi) is 3.52. The second-order valence-corrected chi connectivity index (χ2v) is 7.24. The zero-order valence-electron chi connectivity index (χ0n) is 14.2. The van der Waals surface area contributed by atoms with Gasteiger partial charge in [0.1, 0.15) is 11.5 Å². The van der Waals surface area contributed by atoms with Crippen LogP contribution in [0.15, 0.2) is 43.8 Å². The minimum absolute atomic E-state index is 0.429. The molecule has 2 aliphatic rings. The Hall–Kier alpha value is -2.34. The number of aromatic nitrogens is 2. The fraction of sp³-hybridized carbons (Fsp3) is 0.474. The van der Waals surface area contributed by atoms with E-state index in [0.29, 0.717) is 36.0 Å². The van der Waals surface area contributed by atoms with Gasteiger partial charge in [-0.2, -0.15) is 0 Å². The van der Waals surface area contributed by atoms with Crippen molar-refractivity contribution in [3.05, 3.63) is 47.9 Å². The van der Waals surface area contributed by atoms with Crippen molar-refractivity contribution < 1.29 is 13.3 Å². The lowest BCUT2D eigenvalue weighted by atomic mass is 10.3. The molecule has 0 bridgehead atoms. The summed E-state index contributed by atoms with van der Waals surface area (Å²) in [6, 6.07) is 8.45. The van der Waals surface area contributed by atoms with Crippen LogP contribution >= 0.6 is 0 Å². The molecule has 5 rings (SSSR count). The van der Waals surface area contributed by atoms with E-state index in [1.54, 1.807) is 6.26 Å². The SMILES string of the molecule is C[C@@H]1C[C@@H]1c1ccc(CN(Cc2nnc(-c3ccco3)o2)C2CC2)o1. The molecule has 0 unspecified atom stereocenters. The summed E-state index contributed by atoms with van der Waals surface area (Å²) < 4.78 is 17.1. The highest BCUT2D eigenvalue weighted by atomic mass is 16.4. The van der Waals surface area contributed by atoms with Gasteiger partial charge in [-0.3, -0.25) is 4.90 Å². The Morgan fingerprint density at radius 2 is 2.00 bits per heavy atom. The second-order valence-electron chi connectivity index (χ2n) is 7.24. The molecule has 25 heavy (non-hydrogen) atoms. The van der Waals surface area contributed by atoms with E-state index in [0.717, 1.165) is 24.0 Å². The summed E-state index contributed by atoms with van der Waals surface area (Å²) in [5, 5.41) is 8.25. The zero-order chi connectivity index (χ0) is 16.8. The Morgan fingerprint density at radius 1 is 1.12 bits per heavy atom. The third kappa shape index (κ3) is 3.14. The van der Waals surface area contributed by atoms with Crippen LogP contribution in [-0.4, -0.2) is 21.1 Å². The van der Waals surface area contributed by atoms with Crippen molar-refractivity contribution in [2.75, 3.05) is 0 Å². The normalized spacial score (nSPS) is 22.6. The highest BCUT2D eigenvalue weighted by Crippen LogP contribution is 2.47. The number of rotatable bonds is 7. The van der Waals surface area contributed by atoms with E-state index < -0.39 is 0 Å². The minimum Gasteiger partial charge on any atom is -0.464 e. The Labute approximate surface area is 145 Å². The van der Waals surface area contributed by atoms with Gasteiger partial charge < -0.3 is 13.3 Å². The molecule has 6 nitrogen and oxygen atoms in total. The highest BCUT2D eigenvalue weighted by Gasteiger charge is 2.37. The lowest BCUT2D eigenvalue weighted by Crippen LogP contribution is -2.25. The van der Waals surface area contributed by atoms with Gasteiger partial charge in [0, 0.05) is 12.0 Å². The van der Waals surface area contributed by atoms with E-state index in [4.69, 9.17) is 13.3 Å². The maximum absolute atomic E-state index is 6.06. The van der Waals surface area contributed by atoms with E-state index in [9.17, 15) is 0 Å². The van der Waals surface area contributed by atoms with Gasteiger partial charge in [0.2, 0.25) is 5.89 Å². The highest BCUT2D eigenvalue weighted by molar-refractivity contribution is 5.42. The third-order valence-electron chi connectivity index (χ3n) is 5.12. The van der Waals surface area contributed by atoms with Crippen molar-refractivity contribution in [1.82, 2.24) is 15.1 Å². The van der Waals surface area contributed by atoms with E-state index in [-0.39, 0.29) is 0 Å². The zero-order valence-corrected chi connectivity index (χ0v) is 14.2. The predicted molar refractivity (Wildman–Crippen MR) is 89.5 cm³/mol. The lowest BCUT2D eigenvalue weighted by Gasteiger charge is -2.18. The fourth-order valence-corrected chi connectivity index (χ4v) is 3.34. The molecule has 6 heteroatoms. The van der Waals surface area contributed by atoms with Gasteiger partial charge in [0.05, 0.1) is 19.4 Å². The van der Waals surface area contributed by atoms with Gasteiger partial charge in [0.25, 0.3) is 5.89 Å². The molecule has 3 aromatic heterocycles. The van der Waals surface area contributed by atoms with Gasteiger partial charge in [-0.05, 0) is 49.4 Å². The molecule has 0 aromatic carbocycles. The molecule has 0 spiro atoms. The molecule has 2 fully saturated rings. The lowest BCUT2D eigenvalue weighted by molar-refractivity contribution is 0.203. The summed E-state index contributed by atoms with van der Waals surface area (Å²) >= 11 is 0. The molecule has 0 amide bonds. The molecule has 3 aromatic rings. The molecule has 0 radical (unpaired) electrons. The predicted octanol–water partition coefficient (Wildman–Crippen LogP) is 4.21. The summed E-state index contributed by atoms with van der Waals surface area (Å²) in [5.41, 5.74) is 0. The second kappa shape index (κ2) is 5.88. The summed E-state index contributed by atoms with van der Waals surface area (Å²) in [6.45, 7) is 3.69. The van der Waals surface area contributed by atoms with Crippen molar-refractivity contribution in [3.63, 3.8) is 0 Å². The first-order valence-corrected chi connectivity index (χ1v) is 8.95. The van der Waals surface area contributed by atoms with Crippen LogP contribution in [0.4, 0.5) is 0 Å². The smallest absolute Gasteiger partial charge is 0.283 e. The molecule has 0 aliphatic heterocycles.